The van der Waals surface area contributed by atoms with Gasteiger partial charge >= 0.3 is 5.97 Å². The average molecular weight is 314 g/mol. The molecule has 0 unspecified atom stereocenters. The van der Waals surface area contributed by atoms with E-state index in [1.54, 1.807) is 0 Å². The standard InChI is InChI=1S/C21H30O2/c1-2-3-4-5-6-7-8-9-10-14-19-23-21(22)18-17-20-15-12-11-13-16-20/h11-13,15-16H,2,5-10,14,17-19H2,1H3. The summed E-state index contributed by atoms with van der Waals surface area (Å²) in [6, 6.07) is 10.1. The molecule has 0 heterocycles. The monoisotopic (exact) mass is 314 g/mol. The van der Waals surface area contributed by atoms with Gasteiger partial charge in [-0.3, -0.25) is 4.79 Å². The van der Waals surface area contributed by atoms with E-state index in [4.69, 9.17) is 4.74 Å². The van der Waals surface area contributed by atoms with Crippen LogP contribution in [0, 0.1) is 11.8 Å². The highest BCUT2D eigenvalue weighted by molar-refractivity contribution is 5.69. The van der Waals surface area contributed by atoms with Crippen LogP contribution in [0.4, 0.5) is 0 Å². The second-order valence-electron chi connectivity index (χ2n) is 5.78. The Hall–Kier alpha value is -1.75. The van der Waals surface area contributed by atoms with E-state index in [1.165, 1.54) is 31.2 Å². The Balaban J connectivity index is 1.88. The molecule has 2 heteroatoms. The number of carbonyl (C=O) groups excluding carboxylic acids is 1. The summed E-state index contributed by atoms with van der Waals surface area (Å²) >= 11 is 0. The van der Waals surface area contributed by atoms with Crippen LogP contribution in [0.2, 0.25) is 0 Å². The number of unbranched alkanes of at least 4 members (excludes halogenated alkanes) is 6. The van der Waals surface area contributed by atoms with E-state index in [0.29, 0.717) is 13.0 Å². The molecule has 0 aliphatic heterocycles. The third kappa shape index (κ3) is 11.5. The molecule has 23 heavy (non-hydrogen) atoms. The van der Waals surface area contributed by atoms with Gasteiger partial charge in [0.25, 0.3) is 0 Å². The summed E-state index contributed by atoms with van der Waals surface area (Å²) in [5, 5.41) is 0. The van der Waals surface area contributed by atoms with E-state index in [0.717, 1.165) is 32.1 Å². The molecular weight excluding hydrogens is 284 g/mol. The molecule has 2 nitrogen and oxygen atoms in total. The fraction of sp³-hybridized carbons (Fsp3) is 0.571. The van der Waals surface area contributed by atoms with Gasteiger partial charge in [0.05, 0.1) is 6.61 Å². The van der Waals surface area contributed by atoms with Crippen molar-refractivity contribution < 1.29 is 9.53 Å². The number of esters is 1. The SMILES string of the molecule is CCC#CCCCCCCCCOC(=O)CCc1ccccc1. The Morgan fingerprint density at radius 3 is 2.39 bits per heavy atom. The minimum absolute atomic E-state index is 0.0802. The average Bonchev–Trinajstić information content (AvgIpc) is 2.59. The first-order chi connectivity index (χ1) is 11.3. The van der Waals surface area contributed by atoms with E-state index in [2.05, 4.69) is 18.8 Å². The van der Waals surface area contributed by atoms with Crippen molar-refractivity contribution in [2.24, 2.45) is 0 Å². The highest BCUT2D eigenvalue weighted by Crippen LogP contribution is 2.08. The van der Waals surface area contributed by atoms with Gasteiger partial charge < -0.3 is 4.74 Å². The molecule has 0 spiro atoms. The van der Waals surface area contributed by atoms with Crippen molar-refractivity contribution in [1.82, 2.24) is 0 Å². The number of hydrogen-bond donors (Lipinski definition) is 0. The van der Waals surface area contributed by atoms with Crippen molar-refractivity contribution >= 4 is 5.97 Å². The van der Waals surface area contributed by atoms with Gasteiger partial charge in [-0.05, 0) is 24.8 Å². The maximum absolute atomic E-state index is 11.6. The number of ether oxygens (including phenoxy) is 1. The molecule has 0 bridgehead atoms. The molecule has 0 fully saturated rings. The van der Waals surface area contributed by atoms with Gasteiger partial charge in [-0.25, -0.2) is 0 Å². The Morgan fingerprint density at radius 1 is 0.957 bits per heavy atom. The summed E-state index contributed by atoms with van der Waals surface area (Å²) in [5.41, 5.74) is 1.19. The zero-order valence-corrected chi connectivity index (χ0v) is 14.5. The van der Waals surface area contributed by atoms with Crippen LogP contribution in [-0.4, -0.2) is 12.6 Å². The molecule has 0 atom stereocenters. The normalized spacial score (nSPS) is 9.96. The summed E-state index contributed by atoms with van der Waals surface area (Å²) in [4.78, 5) is 11.6. The molecule has 0 N–H and O–H groups in total. The second kappa shape index (κ2) is 13.9. The van der Waals surface area contributed by atoms with Crippen molar-refractivity contribution in [3.05, 3.63) is 35.9 Å². The molecular formula is C21H30O2. The first kappa shape index (κ1) is 19.3. The van der Waals surface area contributed by atoms with Crippen LogP contribution in [0.25, 0.3) is 0 Å². The Kier molecular flexibility index (Phi) is 11.6. The van der Waals surface area contributed by atoms with E-state index >= 15 is 0 Å². The lowest BCUT2D eigenvalue weighted by Gasteiger charge is -2.05. The van der Waals surface area contributed by atoms with Gasteiger partial charge in [-0.2, -0.15) is 0 Å². The van der Waals surface area contributed by atoms with Crippen LogP contribution < -0.4 is 0 Å². The van der Waals surface area contributed by atoms with Crippen LogP contribution in [0.1, 0.15) is 70.3 Å². The summed E-state index contributed by atoms with van der Waals surface area (Å²) in [6.07, 6.45) is 10.3. The van der Waals surface area contributed by atoms with E-state index in [1.807, 2.05) is 30.3 Å². The molecule has 1 aromatic rings. The van der Waals surface area contributed by atoms with Crippen molar-refractivity contribution in [3.8, 4) is 11.8 Å². The summed E-state index contributed by atoms with van der Waals surface area (Å²) in [6.45, 7) is 2.65. The third-order valence-electron chi connectivity index (χ3n) is 3.72. The lowest BCUT2D eigenvalue weighted by Crippen LogP contribution is -2.07. The Labute approximate surface area is 141 Å². The quantitative estimate of drug-likeness (QED) is 0.314. The molecule has 1 aromatic carbocycles. The van der Waals surface area contributed by atoms with Gasteiger partial charge in [0.1, 0.15) is 0 Å². The lowest BCUT2D eigenvalue weighted by atomic mass is 10.1. The molecule has 0 amide bonds. The fourth-order valence-electron chi connectivity index (χ4n) is 2.39. The molecule has 126 valence electrons. The van der Waals surface area contributed by atoms with Crippen LogP contribution in [0.15, 0.2) is 30.3 Å². The maximum atomic E-state index is 11.6. The predicted octanol–water partition coefficient (Wildman–Crippen LogP) is 5.31. The molecule has 1 rings (SSSR count). The van der Waals surface area contributed by atoms with Gasteiger partial charge in [-0.1, -0.05) is 62.9 Å². The van der Waals surface area contributed by atoms with Crippen molar-refractivity contribution in [3.63, 3.8) is 0 Å². The zero-order chi connectivity index (χ0) is 16.6. The fourth-order valence-corrected chi connectivity index (χ4v) is 2.39. The van der Waals surface area contributed by atoms with Gasteiger partial charge in [0.2, 0.25) is 0 Å². The minimum atomic E-state index is -0.0802. The highest BCUT2D eigenvalue weighted by atomic mass is 16.5. The molecule has 0 aliphatic rings. The summed E-state index contributed by atoms with van der Waals surface area (Å²) in [7, 11) is 0. The number of benzene rings is 1. The molecule has 0 saturated carbocycles. The topological polar surface area (TPSA) is 26.3 Å². The van der Waals surface area contributed by atoms with Gasteiger partial charge in [0.15, 0.2) is 0 Å². The second-order valence-corrected chi connectivity index (χ2v) is 5.78. The largest absolute Gasteiger partial charge is 0.466 e. The maximum Gasteiger partial charge on any atom is 0.306 e. The molecule has 0 aromatic heterocycles. The smallest absolute Gasteiger partial charge is 0.306 e. The van der Waals surface area contributed by atoms with Crippen molar-refractivity contribution in [1.29, 1.82) is 0 Å². The van der Waals surface area contributed by atoms with E-state index in [-0.39, 0.29) is 5.97 Å². The van der Waals surface area contributed by atoms with Gasteiger partial charge in [-0.15, -0.1) is 11.8 Å². The Morgan fingerprint density at radius 2 is 1.65 bits per heavy atom. The first-order valence-corrected chi connectivity index (χ1v) is 8.98. The minimum Gasteiger partial charge on any atom is -0.466 e. The Bertz CT molecular complexity index is 468. The van der Waals surface area contributed by atoms with Crippen LogP contribution in [0.3, 0.4) is 0 Å². The third-order valence-corrected chi connectivity index (χ3v) is 3.72. The molecule has 0 saturated heterocycles. The predicted molar refractivity (Wildman–Crippen MR) is 96.1 cm³/mol. The first-order valence-electron chi connectivity index (χ1n) is 8.98. The summed E-state index contributed by atoms with van der Waals surface area (Å²) in [5.74, 6) is 6.19. The van der Waals surface area contributed by atoms with Crippen LogP contribution >= 0.6 is 0 Å². The zero-order valence-electron chi connectivity index (χ0n) is 14.5. The van der Waals surface area contributed by atoms with Gasteiger partial charge in [0, 0.05) is 19.3 Å². The van der Waals surface area contributed by atoms with Crippen LogP contribution in [0.5, 0.6) is 0 Å². The lowest BCUT2D eigenvalue weighted by molar-refractivity contribution is -0.143. The number of hydrogen-bond acceptors (Lipinski definition) is 2. The molecule has 0 aliphatic carbocycles. The molecule has 0 radical (unpaired) electrons. The van der Waals surface area contributed by atoms with Crippen molar-refractivity contribution in [2.45, 2.75) is 71.1 Å². The number of carbonyl (C=O) groups is 1. The summed E-state index contributed by atoms with van der Waals surface area (Å²) < 4.78 is 5.28. The number of aryl methyl sites for hydroxylation is 1. The van der Waals surface area contributed by atoms with Crippen molar-refractivity contribution in [2.75, 3.05) is 6.61 Å². The van der Waals surface area contributed by atoms with E-state index in [9.17, 15) is 4.79 Å². The van der Waals surface area contributed by atoms with E-state index < -0.39 is 0 Å². The van der Waals surface area contributed by atoms with Crippen LogP contribution in [-0.2, 0) is 16.0 Å². The highest BCUT2D eigenvalue weighted by Gasteiger charge is 2.03. The number of rotatable bonds is 11.